The predicted octanol–water partition coefficient (Wildman–Crippen LogP) is 2.59. The number of aryl methyl sites for hydroxylation is 1. The average molecular weight is 179 g/mol. The Morgan fingerprint density at radius 1 is 1.62 bits per heavy atom. The van der Waals surface area contributed by atoms with Crippen molar-refractivity contribution < 1.29 is 4.42 Å². The largest absolute Gasteiger partial charge is 0.462 e. The SMILES string of the molecule is CCc1ccc(/C=C(/C)C(C)N)o1. The minimum Gasteiger partial charge on any atom is -0.462 e. The van der Waals surface area contributed by atoms with E-state index in [0.717, 1.165) is 23.5 Å². The highest BCUT2D eigenvalue weighted by Gasteiger charge is 2.00. The molecule has 0 aliphatic rings. The lowest BCUT2D eigenvalue weighted by Gasteiger charge is -2.02. The molecule has 0 aliphatic carbocycles. The van der Waals surface area contributed by atoms with Gasteiger partial charge in [0.25, 0.3) is 0 Å². The first-order chi connectivity index (χ1) is 6.13. The number of hydrogen-bond donors (Lipinski definition) is 1. The molecule has 0 fully saturated rings. The summed E-state index contributed by atoms with van der Waals surface area (Å²) >= 11 is 0. The fourth-order valence-electron chi connectivity index (χ4n) is 1.02. The summed E-state index contributed by atoms with van der Waals surface area (Å²) in [6, 6.07) is 4.07. The molecule has 0 saturated heterocycles. The molecule has 13 heavy (non-hydrogen) atoms. The molecule has 1 atom stereocenters. The Morgan fingerprint density at radius 3 is 2.77 bits per heavy atom. The van der Waals surface area contributed by atoms with Gasteiger partial charge in [-0.25, -0.2) is 0 Å². The van der Waals surface area contributed by atoms with Crippen LogP contribution >= 0.6 is 0 Å². The van der Waals surface area contributed by atoms with Crippen molar-refractivity contribution in [3.8, 4) is 0 Å². The van der Waals surface area contributed by atoms with Gasteiger partial charge in [0.15, 0.2) is 0 Å². The van der Waals surface area contributed by atoms with E-state index in [1.54, 1.807) is 0 Å². The Morgan fingerprint density at radius 2 is 2.31 bits per heavy atom. The molecule has 0 saturated carbocycles. The number of nitrogens with two attached hydrogens (primary N) is 1. The minimum absolute atomic E-state index is 0.0928. The summed E-state index contributed by atoms with van der Waals surface area (Å²) in [6.45, 7) is 6.05. The molecule has 0 aromatic carbocycles. The first kappa shape index (κ1) is 10.1. The van der Waals surface area contributed by atoms with Crippen molar-refractivity contribution >= 4 is 6.08 Å². The highest BCUT2D eigenvalue weighted by Crippen LogP contribution is 2.13. The Bertz CT molecular complexity index is 297. The molecule has 0 spiro atoms. The van der Waals surface area contributed by atoms with Crippen molar-refractivity contribution in [3.63, 3.8) is 0 Å². The summed E-state index contributed by atoms with van der Waals surface area (Å²) in [5.41, 5.74) is 6.85. The third kappa shape index (κ3) is 2.74. The number of hydrogen-bond acceptors (Lipinski definition) is 2. The fourth-order valence-corrected chi connectivity index (χ4v) is 1.02. The van der Waals surface area contributed by atoms with Gasteiger partial charge in [0.2, 0.25) is 0 Å². The lowest BCUT2D eigenvalue weighted by Crippen LogP contribution is -2.15. The maximum Gasteiger partial charge on any atom is 0.127 e. The lowest BCUT2D eigenvalue weighted by molar-refractivity contribution is 0.507. The van der Waals surface area contributed by atoms with Crippen LogP contribution in [0.3, 0.4) is 0 Å². The molecule has 0 aliphatic heterocycles. The van der Waals surface area contributed by atoms with Crippen LogP contribution in [0.1, 0.15) is 32.3 Å². The second-order valence-electron chi connectivity index (χ2n) is 3.33. The van der Waals surface area contributed by atoms with Crippen molar-refractivity contribution in [1.29, 1.82) is 0 Å². The van der Waals surface area contributed by atoms with Crippen molar-refractivity contribution in [2.45, 2.75) is 33.2 Å². The average Bonchev–Trinajstić information content (AvgIpc) is 2.52. The topological polar surface area (TPSA) is 39.2 Å². The van der Waals surface area contributed by atoms with Crippen molar-refractivity contribution in [3.05, 3.63) is 29.2 Å². The van der Waals surface area contributed by atoms with E-state index in [9.17, 15) is 0 Å². The predicted molar refractivity (Wildman–Crippen MR) is 55.4 cm³/mol. The highest BCUT2D eigenvalue weighted by atomic mass is 16.3. The maximum atomic E-state index is 5.71. The van der Waals surface area contributed by atoms with Crippen LogP contribution in [-0.4, -0.2) is 6.04 Å². The summed E-state index contributed by atoms with van der Waals surface area (Å²) in [7, 11) is 0. The van der Waals surface area contributed by atoms with Crippen LogP contribution in [-0.2, 0) is 6.42 Å². The van der Waals surface area contributed by atoms with E-state index >= 15 is 0 Å². The normalized spacial score (nSPS) is 14.6. The van der Waals surface area contributed by atoms with Crippen LogP contribution in [0.25, 0.3) is 6.08 Å². The molecule has 1 unspecified atom stereocenters. The van der Waals surface area contributed by atoms with E-state index in [-0.39, 0.29) is 6.04 Å². The van der Waals surface area contributed by atoms with Gasteiger partial charge in [0, 0.05) is 12.5 Å². The van der Waals surface area contributed by atoms with Gasteiger partial charge in [-0.15, -0.1) is 0 Å². The zero-order valence-corrected chi connectivity index (χ0v) is 8.50. The Labute approximate surface area is 79.4 Å². The smallest absolute Gasteiger partial charge is 0.127 e. The molecule has 2 heteroatoms. The zero-order chi connectivity index (χ0) is 9.84. The van der Waals surface area contributed by atoms with Gasteiger partial charge < -0.3 is 10.2 Å². The third-order valence-corrected chi connectivity index (χ3v) is 2.12. The number of rotatable bonds is 3. The summed E-state index contributed by atoms with van der Waals surface area (Å²) < 4.78 is 5.52. The summed E-state index contributed by atoms with van der Waals surface area (Å²) in [5.74, 6) is 1.91. The lowest BCUT2D eigenvalue weighted by atomic mass is 10.1. The molecule has 0 amide bonds. The van der Waals surface area contributed by atoms with Gasteiger partial charge in [-0.05, 0) is 32.1 Å². The van der Waals surface area contributed by atoms with Gasteiger partial charge >= 0.3 is 0 Å². The molecule has 1 aromatic rings. The molecule has 2 nitrogen and oxygen atoms in total. The van der Waals surface area contributed by atoms with Crippen LogP contribution in [0.2, 0.25) is 0 Å². The molecular formula is C11H17NO. The summed E-state index contributed by atoms with van der Waals surface area (Å²) in [5, 5.41) is 0. The molecule has 2 N–H and O–H groups in total. The van der Waals surface area contributed by atoms with Crippen LogP contribution < -0.4 is 5.73 Å². The van der Waals surface area contributed by atoms with Crippen LogP contribution in [0.4, 0.5) is 0 Å². The molecule has 0 bridgehead atoms. The van der Waals surface area contributed by atoms with E-state index in [1.807, 2.05) is 32.1 Å². The fraction of sp³-hybridized carbons (Fsp3) is 0.455. The van der Waals surface area contributed by atoms with E-state index in [1.165, 1.54) is 0 Å². The van der Waals surface area contributed by atoms with Gasteiger partial charge in [-0.1, -0.05) is 12.5 Å². The standard InChI is InChI=1S/C11H17NO/c1-4-10-5-6-11(13-10)7-8(2)9(3)12/h5-7,9H,4,12H2,1-3H3/b8-7-. The monoisotopic (exact) mass is 179 g/mol. The second-order valence-corrected chi connectivity index (χ2v) is 3.33. The Kier molecular flexibility index (Phi) is 3.32. The molecule has 72 valence electrons. The molecule has 1 aromatic heterocycles. The van der Waals surface area contributed by atoms with Crippen molar-refractivity contribution in [2.24, 2.45) is 5.73 Å². The van der Waals surface area contributed by atoms with Crippen LogP contribution in [0.15, 0.2) is 22.1 Å². The summed E-state index contributed by atoms with van der Waals surface area (Å²) in [4.78, 5) is 0. The van der Waals surface area contributed by atoms with Gasteiger partial charge in [0.1, 0.15) is 11.5 Å². The first-order valence-electron chi connectivity index (χ1n) is 4.66. The van der Waals surface area contributed by atoms with Gasteiger partial charge in [-0.2, -0.15) is 0 Å². The van der Waals surface area contributed by atoms with E-state index < -0.39 is 0 Å². The molecular weight excluding hydrogens is 162 g/mol. The van der Waals surface area contributed by atoms with Crippen molar-refractivity contribution in [2.75, 3.05) is 0 Å². The van der Waals surface area contributed by atoms with E-state index in [2.05, 4.69) is 6.92 Å². The first-order valence-corrected chi connectivity index (χ1v) is 4.66. The molecule has 0 radical (unpaired) electrons. The maximum absolute atomic E-state index is 5.71. The van der Waals surface area contributed by atoms with E-state index in [0.29, 0.717) is 0 Å². The van der Waals surface area contributed by atoms with Crippen LogP contribution in [0.5, 0.6) is 0 Å². The summed E-state index contributed by atoms with van der Waals surface area (Å²) in [6.07, 6.45) is 2.93. The van der Waals surface area contributed by atoms with Gasteiger partial charge in [0.05, 0.1) is 0 Å². The Hall–Kier alpha value is -1.02. The number of furan rings is 1. The van der Waals surface area contributed by atoms with Gasteiger partial charge in [-0.3, -0.25) is 0 Å². The zero-order valence-electron chi connectivity index (χ0n) is 8.50. The van der Waals surface area contributed by atoms with Crippen LogP contribution in [0, 0.1) is 0 Å². The van der Waals surface area contributed by atoms with Crippen molar-refractivity contribution in [1.82, 2.24) is 0 Å². The molecule has 1 rings (SSSR count). The van der Waals surface area contributed by atoms with E-state index in [4.69, 9.17) is 10.2 Å². The highest BCUT2D eigenvalue weighted by molar-refractivity contribution is 5.48. The quantitative estimate of drug-likeness (QED) is 0.774. The molecule has 1 heterocycles. The second kappa shape index (κ2) is 4.28. The third-order valence-electron chi connectivity index (χ3n) is 2.12. The Balaban J connectivity index is 2.79. The minimum atomic E-state index is 0.0928.